The molecule has 6 nitrogen and oxygen atoms in total. The molecule has 0 unspecified atom stereocenters. The molecule has 2 aromatic carbocycles. The third-order valence-corrected chi connectivity index (χ3v) is 7.03. The summed E-state index contributed by atoms with van der Waals surface area (Å²) in [6, 6.07) is 17.0. The van der Waals surface area contributed by atoms with Crippen LogP contribution in [0.1, 0.15) is 23.2 Å². The standard InChI is InChI=1S/C22H21NO5S/c24-19(13-28-20(25)12-15-10-11-29(26,27)14-15)21-17-8-4-5-9-18(17)23-22(21)16-6-2-1-3-7-16/h1-9,15,23H,10-14H2/t15-/m0/s1. The minimum Gasteiger partial charge on any atom is -0.457 e. The normalized spacial score (nSPS) is 18.0. The van der Waals surface area contributed by atoms with Crippen molar-refractivity contribution in [2.45, 2.75) is 12.8 Å². The average molecular weight is 411 g/mol. The number of carbonyl (C=O) groups is 2. The number of hydrogen-bond acceptors (Lipinski definition) is 5. The van der Waals surface area contributed by atoms with Gasteiger partial charge in [-0.15, -0.1) is 0 Å². The van der Waals surface area contributed by atoms with E-state index in [0.717, 1.165) is 16.5 Å². The van der Waals surface area contributed by atoms with Crippen molar-refractivity contribution in [3.63, 3.8) is 0 Å². The number of ketones is 1. The van der Waals surface area contributed by atoms with Crippen LogP contribution in [0.25, 0.3) is 22.2 Å². The van der Waals surface area contributed by atoms with Gasteiger partial charge in [-0.2, -0.15) is 0 Å². The number of nitrogens with one attached hydrogen (secondary N) is 1. The lowest BCUT2D eigenvalue weighted by Crippen LogP contribution is -2.17. The summed E-state index contributed by atoms with van der Waals surface area (Å²) in [5.74, 6) is -0.943. The molecule has 150 valence electrons. The van der Waals surface area contributed by atoms with Gasteiger partial charge in [-0.05, 0) is 24.0 Å². The summed E-state index contributed by atoms with van der Waals surface area (Å²) >= 11 is 0. The molecule has 1 N–H and O–H groups in total. The zero-order chi connectivity index (χ0) is 20.4. The molecule has 1 fully saturated rings. The lowest BCUT2D eigenvalue weighted by Gasteiger charge is -2.09. The number of rotatable bonds is 6. The second kappa shape index (κ2) is 7.83. The number of H-pyrrole nitrogens is 1. The largest absolute Gasteiger partial charge is 0.457 e. The fourth-order valence-corrected chi connectivity index (χ4v) is 5.66. The van der Waals surface area contributed by atoms with E-state index in [0.29, 0.717) is 17.7 Å². The molecule has 0 bridgehead atoms. The number of sulfone groups is 1. The lowest BCUT2D eigenvalue weighted by atomic mass is 10.0. The predicted octanol–water partition coefficient (Wildman–Crippen LogP) is 3.39. The number of hydrogen-bond donors (Lipinski definition) is 1. The Balaban J connectivity index is 1.52. The van der Waals surface area contributed by atoms with E-state index in [1.54, 1.807) is 0 Å². The van der Waals surface area contributed by atoms with Gasteiger partial charge < -0.3 is 9.72 Å². The molecule has 0 aliphatic carbocycles. The summed E-state index contributed by atoms with van der Waals surface area (Å²) in [5, 5.41) is 0.772. The topological polar surface area (TPSA) is 93.3 Å². The zero-order valence-electron chi connectivity index (χ0n) is 15.8. The Morgan fingerprint density at radius 2 is 1.76 bits per heavy atom. The summed E-state index contributed by atoms with van der Waals surface area (Å²) in [4.78, 5) is 28.4. The monoisotopic (exact) mass is 411 g/mol. The summed E-state index contributed by atoms with van der Waals surface area (Å²) in [7, 11) is -3.05. The van der Waals surface area contributed by atoms with Crippen LogP contribution in [0.5, 0.6) is 0 Å². The molecule has 3 aromatic rings. The van der Waals surface area contributed by atoms with Crippen molar-refractivity contribution < 1.29 is 22.7 Å². The Labute approximate surface area is 168 Å². The summed E-state index contributed by atoms with van der Waals surface area (Å²) < 4.78 is 28.3. The fourth-order valence-electron chi connectivity index (χ4n) is 3.80. The number of para-hydroxylation sites is 1. The van der Waals surface area contributed by atoms with Gasteiger partial charge in [-0.1, -0.05) is 48.5 Å². The first-order valence-corrected chi connectivity index (χ1v) is 11.3. The maximum Gasteiger partial charge on any atom is 0.306 e. The van der Waals surface area contributed by atoms with Crippen molar-refractivity contribution >= 4 is 32.5 Å². The van der Waals surface area contributed by atoms with Crippen molar-refractivity contribution in [2.24, 2.45) is 5.92 Å². The second-order valence-electron chi connectivity index (χ2n) is 7.34. The van der Waals surface area contributed by atoms with Crippen molar-refractivity contribution in [3.05, 3.63) is 60.2 Å². The predicted molar refractivity (Wildman–Crippen MR) is 110 cm³/mol. The van der Waals surface area contributed by atoms with E-state index < -0.39 is 15.8 Å². The van der Waals surface area contributed by atoms with Crippen molar-refractivity contribution in [1.82, 2.24) is 4.98 Å². The van der Waals surface area contributed by atoms with Gasteiger partial charge in [0.25, 0.3) is 0 Å². The minimum atomic E-state index is -3.05. The van der Waals surface area contributed by atoms with Crippen LogP contribution in [0.2, 0.25) is 0 Å². The Morgan fingerprint density at radius 1 is 1.03 bits per heavy atom. The van der Waals surface area contributed by atoms with E-state index in [4.69, 9.17) is 4.74 Å². The smallest absolute Gasteiger partial charge is 0.306 e. The molecule has 0 amide bonds. The molecule has 1 aliphatic heterocycles. The molecular weight excluding hydrogens is 390 g/mol. The van der Waals surface area contributed by atoms with Gasteiger partial charge >= 0.3 is 5.97 Å². The van der Waals surface area contributed by atoms with E-state index in [1.807, 2.05) is 54.6 Å². The van der Waals surface area contributed by atoms with Crippen LogP contribution in [0.3, 0.4) is 0 Å². The van der Waals surface area contributed by atoms with Gasteiger partial charge in [-0.3, -0.25) is 9.59 Å². The van der Waals surface area contributed by atoms with Gasteiger partial charge in [-0.25, -0.2) is 8.42 Å². The van der Waals surface area contributed by atoms with Crippen LogP contribution < -0.4 is 0 Å². The molecule has 0 saturated carbocycles. The van der Waals surface area contributed by atoms with Crippen LogP contribution in [-0.2, 0) is 19.4 Å². The Morgan fingerprint density at radius 3 is 2.48 bits per heavy atom. The second-order valence-corrected chi connectivity index (χ2v) is 9.57. The number of aromatic amines is 1. The first kappa shape index (κ1) is 19.4. The quantitative estimate of drug-likeness (QED) is 0.496. The van der Waals surface area contributed by atoms with E-state index >= 15 is 0 Å². The molecule has 1 saturated heterocycles. The van der Waals surface area contributed by atoms with Gasteiger partial charge in [0, 0.05) is 17.3 Å². The fraction of sp³-hybridized carbons (Fsp3) is 0.273. The summed E-state index contributed by atoms with van der Waals surface area (Å²) in [6.45, 7) is -0.375. The van der Waals surface area contributed by atoms with Gasteiger partial charge in [0.15, 0.2) is 16.4 Å². The molecule has 7 heteroatoms. The van der Waals surface area contributed by atoms with Crippen molar-refractivity contribution in [1.29, 1.82) is 0 Å². The highest BCUT2D eigenvalue weighted by molar-refractivity contribution is 7.91. The van der Waals surface area contributed by atoms with Crippen LogP contribution in [0.4, 0.5) is 0 Å². The highest BCUT2D eigenvalue weighted by atomic mass is 32.2. The molecule has 1 atom stereocenters. The average Bonchev–Trinajstić information content (AvgIpc) is 3.26. The third kappa shape index (κ3) is 4.24. The lowest BCUT2D eigenvalue weighted by molar-refractivity contribution is -0.143. The summed E-state index contributed by atoms with van der Waals surface area (Å²) in [5.41, 5.74) is 2.88. The molecule has 1 aliphatic rings. The number of benzene rings is 2. The van der Waals surface area contributed by atoms with Gasteiger partial charge in [0.05, 0.1) is 22.8 Å². The Bertz CT molecular complexity index is 1160. The summed E-state index contributed by atoms with van der Waals surface area (Å²) in [6.07, 6.45) is 0.484. The Kier molecular flexibility index (Phi) is 5.24. The molecule has 29 heavy (non-hydrogen) atoms. The SMILES string of the molecule is O=C(C[C@@H]1CCS(=O)(=O)C1)OCC(=O)c1c(-c2ccccc2)[nH]c2ccccc12. The maximum absolute atomic E-state index is 13.0. The van der Waals surface area contributed by atoms with E-state index in [1.165, 1.54) is 0 Å². The molecule has 0 radical (unpaired) electrons. The van der Waals surface area contributed by atoms with E-state index in [-0.39, 0.29) is 36.2 Å². The number of ether oxygens (including phenoxy) is 1. The van der Waals surface area contributed by atoms with Crippen LogP contribution in [0, 0.1) is 5.92 Å². The maximum atomic E-state index is 13.0. The molecule has 0 spiro atoms. The highest BCUT2D eigenvalue weighted by Gasteiger charge is 2.30. The molecular formula is C22H21NO5S. The van der Waals surface area contributed by atoms with E-state index in [2.05, 4.69) is 4.98 Å². The molecule has 4 rings (SSSR count). The first-order chi connectivity index (χ1) is 13.9. The van der Waals surface area contributed by atoms with Crippen LogP contribution in [-0.4, -0.2) is 43.3 Å². The van der Waals surface area contributed by atoms with Crippen LogP contribution in [0.15, 0.2) is 54.6 Å². The molecule has 2 heterocycles. The number of aromatic nitrogens is 1. The highest BCUT2D eigenvalue weighted by Crippen LogP contribution is 2.31. The third-order valence-electron chi connectivity index (χ3n) is 5.19. The van der Waals surface area contributed by atoms with Gasteiger partial charge in [0.1, 0.15) is 0 Å². The first-order valence-electron chi connectivity index (χ1n) is 9.48. The van der Waals surface area contributed by atoms with Crippen molar-refractivity contribution in [2.75, 3.05) is 18.1 Å². The number of esters is 1. The zero-order valence-corrected chi connectivity index (χ0v) is 16.6. The minimum absolute atomic E-state index is 0.0106. The van der Waals surface area contributed by atoms with E-state index in [9.17, 15) is 18.0 Å². The Hall–Kier alpha value is -2.93. The number of fused-ring (bicyclic) bond motifs is 1. The van der Waals surface area contributed by atoms with Crippen LogP contribution >= 0.6 is 0 Å². The van der Waals surface area contributed by atoms with Gasteiger partial charge in [0.2, 0.25) is 5.78 Å². The van der Waals surface area contributed by atoms with Crippen molar-refractivity contribution in [3.8, 4) is 11.3 Å². The number of carbonyl (C=O) groups excluding carboxylic acids is 2. The number of Topliss-reactive ketones (excluding diaryl/α,β-unsaturated/α-hetero) is 1. The molecule has 1 aromatic heterocycles.